The van der Waals surface area contributed by atoms with Crippen LogP contribution >= 0.6 is 0 Å². The van der Waals surface area contributed by atoms with Crippen LogP contribution in [0.15, 0.2) is 158 Å². The molecule has 0 saturated heterocycles. The van der Waals surface area contributed by atoms with Gasteiger partial charge in [-0.05, 0) is 46.2 Å². The SMILES string of the molecule is O=C(c1ccccc1)c1ccccc1-c1ccc(CCc2ccc(-c3ccccc3C(=O)c3ccccc3)cc2)cc1. The molecule has 0 saturated carbocycles. The molecule has 0 heterocycles. The Morgan fingerprint density at radius 3 is 1.07 bits per heavy atom. The summed E-state index contributed by atoms with van der Waals surface area (Å²) in [6, 6.07) is 51.5. The van der Waals surface area contributed by atoms with Crippen LogP contribution in [0.1, 0.15) is 43.0 Å². The molecule has 0 atom stereocenters. The standard InChI is InChI=1S/C40H30O2/c41-39(33-11-3-1-4-12-33)37-17-9-7-15-35(37)31-25-21-29(22-26-31)19-20-30-23-27-32(28-24-30)36-16-8-10-18-38(36)40(42)34-13-5-2-6-14-34/h1-18,21-28H,19-20H2. The van der Waals surface area contributed by atoms with E-state index < -0.39 is 0 Å². The van der Waals surface area contributed by atoms with Gasteiger partial charge in [0.2, 0.25) is 0 Å². The Morgan fingerprint density at radius 1 is 0.357 bits per heavy atom. The third kappa shape index (κ3) is 5.89. The molecule has 6 rings (SSSR count). The lowest BCUT2D eigenvalue weighted by Gasteiger charge is -2.11. The second-order valence-electron chi connectivity index (χ2n) is 10.4. The van der Waals surface area contributed by atoms with Crippen molar-refractivity contribution in [2.75, 3.05) is 0 Å². The lowest BCUT2D eigenvalue weighted by atomic mass is 9.92. The van der Waals surface area contributed by atoms with Crippen LogP contribution in [-0.4, -0.2) is 11.6 Å². The second kappa shape index (κ2) is 12.4. The van der Waals surface area contributed by atoms with E-state index in [1.54, 1.807) is 0 Å². The molecule has 0 bridgehead atoms. The Hall–Kier alpha value is -5.34. The molecule has 0 aromatic heterocycles. The van der Waals surface area contributed by atoms with Gasteiger partial charge < -0.3 is 0 Å². The van der Waals surface area contributed by atoms with Gasteiger partial charge in [-0.3, -0.25) is 9.59 Å². The number of hydrogen-bond donors (Lipinski definition) is 0. The summed E-state index contributed by atoms with van der Waals surface area (Å²) in [6.45, 7) is 0. The number of benzene rings is 6. The number of rotatable bonds is 9. The van der Waals surface area contributed by atoms with Gasteiger partial charge in [0.1, 0.15) is 0 Å². The first kappa shape index (κ1) is 26.9. The highest BCUT2D eigenvalue weighted by molar-refractivity contribution is 6.13. The van der Waals surface area contributed by atoms with Crippen LogP contribution in [0, 0.1) is 0 Å². The zero-order chi connectivity index (χ0) is 28.7. The van der Waals surface area contributed by atoms with Gasteiger partial charge in [-0.15, -0.1) is 0 Å². The molecule has 0 fully saturated rings. The van der Waals surface area contributed by atoms with Crippen molar-refractivity contribution in [3.05, 3.63) is 191 Å². The normalized spacial score (nSPS) is 10.8. The number of carbonyl (C=O) groups excluding carboxylic acids is 2. The smallest absolute Gasteiger partial charge is 0.193 e. The fourth-order valence-corrected chi connectivity index (χ4v) is 5.35. The summed E-state index contributed by atoms with van der Waals surface area (Å²) in [7, 11) is 0. The summed E-state index contributed by atoms with van der Waals surface area (Å²) < 4.78 is 0. The van der Waals surface area contributed by atoms with E-state index in [0.29, 0.717) is 22.3 Å². The quantitative estimate of drug-likeness (QED) is 0.171. The van der Waals surface area contributed by atoms with E-state index in [1.165, 1.54) is 11.1 Å². The second-order valence-corrected chi connectivity index (χ2v) is 10.4. The van der Waals surface area contributed by atoms with Gasteiger partial charge in [-0.1, -0.05) is 158 Å². The molecule has 2 nitrogen and oxygen atoms in total. The van der Waals surface area contributed by atoms with E-state index in [-0.39, 0.29) is 11.6 Å². The van der Waals surface area contributed by atoms with Crippen LogP contribution in [0.2, 0.25) is 0 Å². The highest BCUT2D eigenvalue weighted by atomic mass is 16.1. The number of hydrogen-bond acceptors (Lipinski definition) is 2. The summed E-state index contributed by atoms with van der Waals surface area (Å²) in [5, 5.41) is 0. The van der Waals surface area contributed by atoms with Crippen molar-refractivity contribution in [1.29, 1.82) is 0 Å². The van der Waals surface area contributed by atoms with Crippen molar-refractivity contribution in [1.82, 2.24) is 0 Å². The van der Waals surface area contributed by atoms with Crippen molar-refractivity contribution in [3.8, 4) is 22.3 Å². The zero-order valence-corrected chi connectivity index (χ0v) is 23.2. The minimum absolute atomic E-state index is 0.0331. The molecular weight excluding hydrogens is 512 g/mol. The Kier molecular flexibility index (Phi) is 7.96. The molecule has 202 valence electrons. The number of aryl methyl sites for hydroxylation is 2. The van der Waals surface area contributed by atoms with E-state index in [4.69, 9.17) is 0 Å². The molecule has 0 aliphatic carbocycles. The van der Waals surface area contributed by atoms with Crippen molar-refractivity contribution < 1.29 is 9.59 Å². The van der Waals surface area contributed by atoms with Crippen molar-refractivity contribution >= 4 is 11.6 Å². The predicted molar refractivity (Wildman–Crippen MR) is 171 cm³/mol. The molecule has 0 aliphatic rings. The van der Waals surface area contributed by atoms with Gasteiger partial charge in [-0.25, -0.2) is 0 Å². The summed E-state index contributed by atoms with van der Waals surface area (Å²) in [5.74, 6) is 0.0663. The van der Waals surface area contributed by atoms with Crippen molar-refractivity contribution in [2.24, 2.45) is 0 Å². The van der Waals surface area contributed by atoms with Crippen molar-refractivity contribution in [3.63, 3.8) is 0 Å². The predicted octanol–water partition coefficient (Wildman–Crippen LogP) is 9.27. The minimum Gasteiger partial charge on any atom is -0.289 e. The minimum atomic E-state index is 0.0331. The maximum Gasteiger partial charge on any atom is 0.193 e. The van der Waals surface area contributed by atoms with E-state index in [9.17, 15) is 9.59 Å². The topological polar surface area (TPSA) is 34.1 Å². The van der Waals surface area contributed by atoms with E-state index in [0.717, 1.165) is 35.1 Å². The molecule has 2 heteroatoms. The van der Waals surface area contributed by atoms with Gasteiger partial charge in [0, 0.05) is 22.3 Å². The van der Waals surface area contributed by atoms with Gasteiger partial charge in [0.15, 0.2) is 11.6 Å². The molecule has 0 aliphatic heterocycles. The van der Waals surface area contributed by atoms with Gasteiger partial charge in [-0.2, -0.15) is 0 Å². The average Bonchev–Trinajstić information content (AvgIpc) is 3.08. The molecule has 0 N–H and O–H groups in total. The Balaban J connectivity index is 1.14. The third-order valence-electron chi connectivity index (χ3n) is 7.65. The summed E-state index contributed by atoms with van der Waals surface area (Å²) >= 11 is 0. The summed E-state index contributed by atoms with van der Waals surface area (Å²) in [6.07, 6.45) is 1.82. The molecule has 0 spiro atoms. The average molecular weight is 543 g/mol. The molecule has 0 unspecified atom stereocenters. The van der Waals surface area contributed by atoms with Crippen LogP contribution in [0.5, 0.6) is 0 Å². The van der Waals surface area contributed by atoms with E-state index >= 15 is 0 Å². The maximum atomic E-state index is 13.2. The molecule has 6 aromatic carbocycles. The van der Waals surface area contributed by atoms with E-state index in [1.807, 2.05) is 109 Å². The monoisotopic (exact) mass is 542 g/mol. The Morgan fingerprint density at radius 2 is 0.690 bits per heavy atom. The Labute approximate surface area is 246 Å². The molecule has 42 heavy (non-hydrogen) atoms. The van der Waals surface area contributed by atoms with Crippen LogP contribution < -0.4 is 0 Å². The first-order chi connectivity index (χ1) is 20.7. The largest absolute Gasteiger partial charge is 0.289 e. The van der Waals surface area contributed by atoms with Crippen LogP contribution in [0.25, 0.3) is 22.3 Å². The first-order valence-electron chi connectivity index (χ1n) is 14.2. The third-order valence-corrected chi connectivity index (χ3v) is 7.65. The zero-order valence-electron chi connectivity index (χ0n) is 23.2. The van der Waals surface area contributed by atoms with Crippen LogP contribution in [-0.2, 0) is 12.8 Å². The maximum absolute atomic E-state index is 13.2. The summed E-state index contributed by atoms with van der Waals surface area (Å²) in [5.41, 5.74) is 9.25. The van der Waals surface area contributed by atoms with Crippen LogP contribution in [0.4, 0.5) is 0 Å². The summed E-state index contributed by atoms with van der Waals surface area (Å²) in [4.78, 5) is 26.4. The van der Waals surface area contributed by atoms with Gasteiger partial charge in [0.05, 0.1) is 0 Å². The van der Waals surface area contributed by atoms with Gasteiger partial charge in [0.25, 0.3) is 0 Å². The number of ketones is 2. The molecular formula is C40H30O2. The lowest BCUT2D eigenvalue weighted by molar-refractivity contribution is 0.103. The van der Waals surface area contributed by atoms with Gasteiger partial charge >= 0.3 is 0 Å². The fourth-order valence-electron chi connectivity index (χ4n) is 5.35. The van der Waals surface area contributed by atoms with Crippen molar-refractivity contribution in [2.45, 2.75) is 12.8 Å². The Bertz CT molecular complexity index is 1680. The fraction of sp³-hybridized carbons (Fsp3) is 0.0500. The highest BCUT2D eigenvalue weighted by Gasteiger charge is 2.15. The first-order valence-corrected chi connectivity index (χ1v) is 14.2. The highest BCUT2D eigenvalue weighted by Crippen LogP contribution is 2.28. The molecule has 6 aromatic rings. The molecule has 0 amide bonds. The van der Waals surface area contributed by atoms with Crippen LogP contribution in [0.3, 0.4) is 0 Å². The van der Waals surface area contributed by atoms with E-state index in [2.05, 4.69) is 48.5 Å². The molecule has 0 radical (unpaired) electrons. The lowest BCUT2D eigenvalue weighted by Crippen LogP contribution is -2.03. The number of carbonyl (C=O) groups is 2.